The van der Waals surface area contributed by atoms with Gasteiger partial charge in [-0.1, -0.05) is 74.8 Å². The molecular weight excluding hydrogens is 528 g/mol. The lowest BCUT2D eigenvalue weighted by Crippen LogP contribution is -2.20. The van der Waals surface area contributed by atoms with Crippen molar-refractivity contribution >= 4 is 35.0 Å². The van der Waals surface area contributed by atoms with E-state index in [1.807, 2.05) is 31.2 Å². The van der Waals surface area contributed by atoms with E-state index in [-0.39, 0.29) is 16.7 Å². The summed E-state index contributed by atoms with van der Waals surface area (Å²) >= 11 is 6.23. The number of halogens is 1. The van der Waals surface area contributed by atoms with E-state index < -0.39 is 12.0 Å². The first-order chi connectivity index (χ1) is 19.0. The van der Waals surface area contributed by atoms with Crippen LogP contribution in [0.5, 0.6) is 17.2 Å². The normalized spacial score (nSPS) is 11.1. The summed E-state index contributed by atoms with van der Waals surface area (Å²) in [5.41, 5.74) is 3.95. The molecule has 0 saturated heterocycles. The third kappa shape index (κ3) is 6.38. The van der Waals surface area contributed by atoms with Gasteiger partial charge in [-0.2, -0.15) is 0 Å². The standard InChI is InChI=1S/C32H31ClN2O5/c1-19-9-8-10-23(32(2,3)4)29(19)40-28-16-14-21(20-13-15-27(39-5)22(17-20)30(36)37)18-26(28)35-31(38)34-25-12-7-6-11-24(25)33/h6-18H,1-5H3,(H,36,37)(H2,34,35,38). The van der Waals surface area contributed by atoms with Crippen molar-refractivity contribution in [3.8, 4) is 28.4 Å². The Kier molecular flexibility index (Phi) is 8.35. The van der Waals surface area contributed by atoms with Gasteiger partial charge in [-0.3, -0.25) is 0 Å². The van der Waals surface area contributed by atoms with Crippen LogP contribution in [-0.2, 0) is 5.41 Å². The van der Waals surface area contributed by atoms with Crippen LogP contribution in [0.15, 0.2) is 78.9 Å². The molecule has 7 nitrogen and oxygen atoms in total. The molecule has 40 heavy (non-hydrogen) atoms. The third-order valence-electron chi connectivity index (χ3n) is 6.34. The number of carbonyl (C=O) groups excluding carboxylic acids is 1. The fourth-order valence-corrected chi connectivity index (χ4v) is 4.46. The lowest BCUT2D eigenvalue weighted by molar-refractivity contribution is 0.0693. The van der Waals surface area contributed by atoms with Crippen molar-refractivity contribution in [1.82, 2.24) is 0 Å². The van der Waals surface area contributed by atoms with Gasteiger partial charge in [0.2, 0.25) is 0 Å². The molecule has 0 aromatic heterocycles. The molecule has 0 spiro atoms. The number of rotatable bonds is 7. The number of carboxylic acids is 1. The van der Waals surface area contributed by atoms with Crippen molar-refractivity contribution in [2.24, 2.45) is 0 Å². The molecule has 0 bridgehead atoms. The minimum atomic E-state index is -1.11. The number of aryl methyl sites for hydroxylation is 1. The number of amides is 2. The number of ether oxygens (including phenoxy) is 2. The van der Waals surface area contributed by atoms with Gasteiger partial charge in [0, 0.05) is 5.56 Å². The molecule has 0 fully saturated rings. The maximum Gasteiger partial charge on any atom is 0.339 e. The highest BCUT2D eigenvalue weighted by Crippen LogP contribution is 2.40. The van der Waals surface area contributed by atoms with Gasteiger partial charge in [0.1, 0.15) is 17.1 Å². The van der Waals surface area contributed by atoms with E-state index in [9.17, 15) is 14.7 Å². The summed E-state index contributed by atoms with van der Waals surface area (Å²) < 4.78 is 11.7. The highest BCUT2D eigenvalue weighted by Gasteiger charge is 2.22. The quantitative estimate of drug-likeness (QED) is 0.211. The minimum Gasteiger partial charge on any atom is -0.496 e. The van der Waals surface area contributed by atoms with E-state index >= 15 is 0 Å². The van der Waals surface area contributed by atoms with E-state index in [4.69, 9.17) is 21.1 Å². The molecule has 0 aliphatic heterocycles. The van der Waals surface area contributed by atoms with Gasteiger partial charge in [0.15, 0.2) is 5.75 Å². The summed E-state index contributed by atoms with van der Waals surface area (Å²) in [7, 11) is 1.42. The average molecular weight is 559 g/mol. The minimum absolute atomic E-state index is 0.0287. The Morgan fingerprint density at radius 3 is 2.12 bits per heavy atom. The van der Waals surface area contributed by atoms with Crippen molar-refractivity contribution in [2.75, 3.05) is 17.7 Å². The van der Waals surface area contributed by atoms with E-state index in [0.717, 1.165) is 11.1 Å². The zero-order valence-electron chi connectivity index (χ0n) is 23.0. The number of carboxylic acid groups (broad SMARTS) is 1. The van der Waals surface area contributed by atoms with Crippen molar-refractivity contribution in [3.05, 3.63) is 101 Å². The molecule has 0 aliphatic rings. The van der Waals surface area contributed by atoms with Crippen LogP contribution < -0.4 is 20.1 Å². The molecule has 0 heterocycles. The summed E-state index contributed by atoms with van der Waals surface area (Å²) in [6.07, 6.45) is 0. The second-order valence-electron chi connectivity index (χ2n) is 10.3. The Morgan fingerprint density at radius 2 is 1.48 bits per heavy atom. The van der Waals surface area contributed by atoms with Crippen LogP contribution in [0.4, 0.5) is 16.2 Å². The molecule has 4 aromatic rings. The number of nitrogens with one attached hydrogen (secondary N) is 2. The van der Waals surface area contributed by atoms with Gasteiger partial charge in [-0.05, 0) is 65.4 Å². The summed E-state index contributed by atoms with van der Waals surface area (Å²) in [5, 5.41) is 15.7. The first-order valence-electron chi connectivity index (χ1n) is 12.6. The van der Waals surface area contributed by atoms with Crippen LogP contribution in [0, 0.1) is 6.92 Å². The molecule has 0 unspecified atom stereocenters. The van der Waals surface area contributed by atoms with Gasteiger partial charge in [-0.15, -0.1) is 0 Å². The highest BCUT2D eigenvalue weighted by molar-refractivity contribution is 6.33. The molecule has 0 atom stereocenters. The second-order valence-corrected chi connectivity index (χ2v) is 10.7. The number of para-hydroxylation sites is 2. The number of aromatic carboxylic acids is 1. The smallest absolute Gasteiger partial charge is 0.339 e. The number of hydrogen-bond acceptors (Lipinski definition) is 4. The summed E-state index contributed by atoms with van der Waals surface area (Å²) in [4.78, 5) is 24.9. The van der Waals surface area contributed by atoms with Gasteiger partial charge in [0.25, 0.3) is 0 Å². The van der Waals surface area contributed by atoms with Crippen molar-refractivity contribution in [1.29, 1.82) is 0 Å². The van der Waals surface area contributed by atoms with Gasteiger partial charge < -0.3 is 25.2 Å². The Hall–Kier alpha value is -4.49. The molecule has 0 radical (unpaired) electrons. The lowest BCUT2D eigenvalue weighted by atomic mass is 9.85. The summed E-state index contributed by atoms with van der Waals surface area (Å²) in [6.45, 7) is 8.30. The molecule has 3 N–H and O–H groups in total. The summed E-state index contributed by atoms with van der Waals surface area (Å²) in [6, 6.07) is 22.6. The molecule has 8 heteroatoms. The number of carbonyl (C=O) groups is 2. The Labute approximate surface area is 238 Å². The van der Waals surface area contributed by atoms with Crippen LogP contribution in [0.3, 0.4) is 0 Å². The zero-order valence-corrected chi connectivity index (χ0v) is 23.7. The maximum absolute atomic E-state index is 13.1. The molecule has 0 aliphatic carbocycles. The number of benzene rings is 4. The second kappa shape index (κ2) is 11.7. The highest BCUT2D eigenvalue weighted by atomic mass is 35.5. The van der Waals surface area contributed by atoms with Crippen molar-refractivity contribution in [3.63, 3.8) is 0 Å². The molecule has 4 aromatic carbocycles. The van der Waals surface area contributed by atoms with Crippen molar-refractivity contribution < 1.29 is 24.2 Å². The van der Waals surface area contributed by atoms with Crippen LogP contribution in [0.1, 0.15) is 42.3 Å². The van der Waals surface area contributed by atoms with Crippen molar-refractivity contribution in [2.45, 2.75) is 33.1 Å². The molecular formula is C32H31ClN2O5. The first kappa shape index (κ1) is 28.5. The SMILES string of the molecule is COc1ccc(-c2ccc(Oc3c(C)cccc3C(C)(C)C)c(NC(=O)Nc3ccccc3Cl)c2)cc1C(=O)O. The van der Waals surface area contributed by atoms with Gasteiger partial charge in [0.05, 0.1) is 23.5 Å². The molecule has 4 rings (SSSR count). The van der Waals surface area contributed by atoms with E-state index in [2.05, 4.69) is 31.4 Å². The predicted octanol–water partition coefficient (Wildman–Crippen LogP) is 8.76. The van der Waals surface area contributed by atoms with Crippen LogP contribution >= 0.6 is 11.6 Å². The largest absolute Gasteiger partial charge is 0.496 e. The van der Waals surface area contributed by atoms with Gasteiger partial charge >= 0.3 is 12.0 Å². The number of anilines is 2. The predicted molar refractivity (Wildman–Crippen MR) is 159 cm³/mol. The number of methoxy groups -OCH3 is 1. The number of urea groups is 1. The Morgan fingerprint density at radius 1 is 0.825 bits per heavy atom. The molecule has 0 saturated carbocycles. The fourth-order valence-electron chi connectivity index (χ4n) is 4.28. The topological polar surface area (TPSA) is 96.9 Å². The Balaban J connectivity index is 1.78. The average Bonchev–Trinajstić information content (AvgIpc) is 2.91. The zero-order chi connectivity index (χ0) is 29.0. The van der Waals surface area contributed by atoms with E-state index in [1.165, 1.54) is 13.2 Å². The monoisotopic (exact) mass is 558 g/mol. The van der Waals surface area contributed by atoms with E-state index in [0.29, 0.717) is 39.0 Å². The lowest BCUT2D eigenvalue weighted by Gasteiger charge is -2.25. The summed E-state index contributed by atoms with van der Waals surface area (Å²) in [5.74, 6) is 0.271. The maximum atomic E-state index is 13.1. The number of hydrogen-bond donors (Lipinski definition) is 3. The van der Waals surface area contributed by atoms with Crippen LogP contribution in [0.25, 0.3) is 11.1 Å². The first-order valence-corrected chi connectivity index (χ1v) is 13.0. The van der Waals surface area contributed by atoms with Gasteiger partial charge in [-0.25, -0.2) is 9.59 Å². The fraction of sp³-hybridized carbons (Fsp3) is 0.188. The molecule has 2 amide bonds. The van der Waals surface area contributed by atoms with E-state index in [1.54, 1.807) is 48.5 Å². The third-order valence-corrected chi connectivity index (χ3v) is 6.67. The Bertz CT molecular complexity index is 1580. The molecule has 206 valence electrons. The van der Waals surface area contributed by atoms with Crippen LogP contribution in [-0.4, -0.2) is 24.2 Å². The van der Waals surface area contributed by atoms with Crippen LogP contribution in [0.2, 0.25) is 5.02 Å².